The van der Waals surface area contributed by atoms with Gasteiger partial charge < -0.3 is 24.8 Å². The number of fused-ring (bicyclic) bond motifs is 1. The van der Waals surface area contributed by atoms with Crippen LogP contribution in [0, 0.1) is 0 Å². The first-order valence-electron chi connectivity index (χ1n) is 14.7. The summed E-state index contributed by atoms with van der Waals surface area (Å²) >= 11 is 0. The first kappa shape index (κ1) is 28.3. The molecule has 2 fully saturated rings. The summed E-state index contributed by atoms with van der Waals surface area (Å²) in [6, 6.07) is 7.03. The van der Waals surface area contributed by atoms with Crippen LogP contribution in [-0.2, 0) is 26.4 Å². The van der Waals surface area contributed by atoms with Gasteiger partial charge in [-0.15, -0.1) is 0 Å². The summed E-state index contributed by atoms with van der Waals surface area (Å²) in [5.74, 6) is 1.78. The SMILES string of the molecule is Cn1cc(C(F)(F)F)nc1-c1ccc(COc2nc(-c3c(OC4CCCC4)ncnc3C3CC3)nc3[nH]cc(CN)c23)cc1. The highest BCUT2D eigenvalue weighted by atomic mass is 19.4. The summed E-state index contributed by atoms with van der Waals surface area (Å²) in [5.41, 5.74) is 9.41. The van der Waals surface area contributed by atoms with Crippen molar-refractivity contribution in [1.82, 2.24) is 34.5 Å². The molecule has 0 saturated heterocycles. The van der Waals surface area contributed by atoms with E-state index >= 15 is 0 Å². The van der Waals surface area contributed by atoms with E-state index < -0.39 is 11.9 Å². The van der Waals surface area contributed by atoms with E-state index in [0.29, 0.717) is 45.7 Å². The highest BCUT2D eigenvalue weighted by molar-refractivity contribution is 5.87. The summed E-state index contributed by atoms with van der Waals surface area (Å²) < 4.78 is 53.5. The first-order valence-corrected chi connectivity index (χ1v) is 14.7. The third-order valence-electron chi connectivity index (χ3n) is 8.16. The molecule has 228 valence electrons. The Morgan fingerprint density at radius 1 is 1.00 bits per heavy atom. The van der Waals surface area contributed by atoms with Crippen molar-refractivity contribution in [3.8, 4) is 34.5 Å². The Bertz CT molecular complexity index is 1810. The highest BCUT2D eigenvalue weighted by Crippen LogP contribution is 2.46. The third kappa shape index (κ3) is 5.47. The van der Waals surface area contributed by atoms with Gasteiger partial charge in [-0.1, -0.05) is 24.3 Å². The second-order valence-electron chi connectivity index (χ2n) is 11.4. The lowest BCUT2D eigenvalue weighted by molar-refractivity contribution is -0.140. The van der Waals surface area contributed by atoms with Gasteiger partial charge in [0.15, 0.2) is 11.5 Å². The number of nitrogens with one attached hydrogen (secondary N) is 1. The number of alkyl halides is 3. The fourth-order valence-electron chi connectivity index (χ4n) is 5.72. The number of aryl methyl sites for hydroxylation is 1. The average Bonchev–Trinajstić information content (AvgIpc) is 3.35. The summed E-state index contributed by atoms with van der Waals surface area (Å²) in [6.07, 6.45) is 6.19. The predicted molar refractivity (Wildman–Crippen MR) is 156 cm³/mol. The summed E-state index contributed by atoms with van der Waals surface area (Å²) in [7, 11) is 1.54. The van der Waals surface area contributed by atoms with Gasteiger partial charge in [-0.25, -0.2) is 19.9 Å². The summed E-state index contributed by atoms with van der Waals surface area (Å²) in [4.78, 5) is 25.9. The molecule has 0 spiro atoms. The van der Waals surface area contributed by atoms with Crippen LogP contribution in [0.1, 0.15) is 67.0 Å². The number of nitrogens with zero attached hydrogens (tertiary/aromatic N) is 6. The maximum absolute atomic E-state index is 13.2. The molecule has 4 heterocycles. The van der Waals surface area contributed by atoms with Crippen LogP contribution in [0.5, 0.6) is 11.8 Å². The van der Waals surface area contributed by atoms with E-state index in [1.807, 2.05) is 0 Å². The minimum atomic E-state index is -4.51. The van der Waals surface area contributed by atoms with E-state index in [9.17, 15) is 13.2 Å². The van der Waals surface area contributed by atoms with Gasteiger partial charge in [0.1, 0.15) is 36.1 Å². The van der Waals surface area contributed by atoms with E-state index in [1.54, 1.807) is 36.8 Å². The van der Waals surface area contributed by atoms with Crippen LogP contribution in [0.25, 0.3) is 33.8 Å². The second kappa shape index (κ2) is 11.2. The van der Waals surface area contributed by atoms with Crippen LogP contribution in [0.2, 0.25) is 0 Å². The molecule has 10 nitrogen and oxygen atoms in total. The Kier molecular flexibility index (Phi) is 7.19. The molecule has 13 heteroatoms. The average molecular weight is 605 g/mol. The van der Waals surface area contributed by atoms with E-state index in [0.717, 1.165) is 61.5 Å². The zero-order valence-corrected chi connectivity index (χ0v) is 24.1. The lowest BCUT2D eigenvalue weighted by Gasteiger charge is -2.17. The number of ether oxygens (including phenoxy) is 2. The first-order chi connectivity index (χ1) is 21.3. The van der Waals surface area contributed by atoms with Crippen LogP contribution in [0.15, 0.2) is 43.0 Å². The number of rotatable bonds is 9. The fraction of sp³-hybridized carbons (Fsp3) is 0.387. The quantitative estimate of drug-likeness (QED) is 0.207. The van der Waals surface area contributed by atoms with Gasteiger partial charge in [0.05, 0.1) is 11.1 Å². The van der Waals surface area contributed by atoms with E-state index in [1.165, 1.54) is 11.6 Å². The van der Waals surface area contributed by atoms with Crippen molar-refractivity contribution in [2.75, 3.05) is 0 Å². The molecule has 1 aromatic carbocycles. The van der Waals surface area contributed by atoms with Gasteiger partial charge in [-0.2, -0.15) is 18.2 Å². The highest BCUT2D eigenvalue weighted by Gasteiger charge is 2.35. The van der Waals surface area contributed by atoms with Crippen molar-refractivity contribution < 1.29 is 22.6 Å². The van der Waals surface area contributed by atoms with Crippen molar-refractivity contribution in [3.63, 3.8) is 0 Å². The number of benzene rings is 1. The second-order valence-corrected chi connectivity index (χ2v) is 11.4. The van der Waals surface area contributed by atoms with Gasteiger partial charge in [0.2, 0.25) is 11.8 Å². The maximum Gasteiger partial charge on any atom is 0.434 e. The molecule has 0 amide bonds. The molecular formula is C31H31F3N8O2. The van der Waals surface area contributed by atoms with Crippen molar-refractivity contribution in [2.24, 2.45) is 12.8 Å². The van der Waals surface area contributed by atoms with Crippen molar-refractivity contribution >= 4 is 11.0 Å². The molecule has 2 aliphatic rings. The third-order valence-corrected chi connectivity index (χ3v) is 8.16. The van der Waals surface area contributed by atoms with Gasteiger partial charge in [-0.05, 0) is 49.7 Å². The molecule has 0 radical (unpaired) electrons. The normalized spacial score (nSPS) is 15.8. The van der Waals surface area contributed by atoms with Gasteiger partial charge in [0, 0.05) is 37.5 Å². The number of aromatic nitrogens is 7. The molecule has 0 bridgehead atoms. The lowest BCUT2D eigenvalue weighted by atomic mass is 10.1. The molecule has 7 rings (SSSR count). The molecule has 0 unspecified atom stereocenters. The van der Waals surface area contributed by atoms with Gasteiger partial charge >= 0.3 is 6.18 Å². The zero-order chi connectivity index (χ0) is 30.4. The Morgan fingerprint density at radius 3 is 2.45 bits per heavy atom. The smallest absolute Gasteiger partial charge is 0.434 e. The number of H-pyrrole nitrogens is 1. The molecule has 44 heavy (non-hydrogen) atoms. The van der Waals surface area contributed by atoms with Crippen molar-refractivity contribution in [2.45, 2.75) is 69.9 Å². The Morgan fingerprint density at radius 2 is 1.77 bits per heavy atom. The number of imidazole rings is 1. The topological polar surface area (TPSA) is 130 Å². The fourth-order valence-corrected chi connectivity index (χ4v) is 5.72. The van der Waals surface area contributed by atoms with Crippen LogP contribution >= 0.6 is 0 Å². The predicted octanol–water partition coefficient (Wildman–Crippen LogP) is 6.07. The van der Waals surface area contributed by atoms with Crippen LogP contribution in [0.4, 0.5) is 13.2 Å². The number of nitrogens with two attached hydrogens (primary N) is 1. The van der Waals surface area contributed by atoms with Crippen LogP contribution in [0.3, 0.4) is 0 Å². The number of hydrogen-bond acceptors (Lipinski definition) is 8. The van der Waals surface area contributed by atoms with E-state index in [4.69, 9.17) is 25.2 Å². The lowest BCUT2D eigenvalue weighted by Crippen LogP contribution is -2.14. The molecular weight excluding hydrogens is 573 g/mol. The molecule has 5 aromatic rings. The minimum Gasteiger partial charge on any atom is -0.474 e. The van der Waals surface area contributed by atoms with Crippen LogP contribution < -0.4 is 15.2 Å². The number of aromatic amines is 1. The molecule has 2 saturated carbocycles. The van der Waals surface area contributed by atoms with E-state index in [-0.39, 0.29) is 25.1 Å². The molecule has 0 aliphatic heterocycles. The molecule has 3 N–H and O–H groups in total. The standard InChI is InChI=1S/C31H31F3N8O2/c1-42-14-22(31(32,33)34)39-28(42)19-8-6-17(7-9-19)15-43-30-23-20(12-35)13-36-26(23)40-27(41-30)24-25(18-10-11-18)37-16-38-29(24)44-21-4-2-3-5-21/h6-9,13-14,16,18,21H,2-5,10-12,15,35H2,1H3,(H,36,40,41). The minimum absolute atomic E-state index is 0.0956. The summed E-state index contributed by atoms with van der Waals surface area (Å²) in [5, 5.41) is 0.684. The van der Waals surface area contributed by atoms with E-state index in [2.05, 4.69) is 19.9 Å². The zero-order valence-electron chi connectivity index (χ0n) is 24.1. The number of halogens is 3. The van der Waals surface area contributed by atoms with Gasteiger partial charge in [-0.3, -0.25) is 0 Å². The van der Waals surface area contributed by atoms with Crippen molar-refractivity contribution in [3.05, 3.63) is 65.5 Å². The number of hydrogen-bond donors (Lipinski definition) is 2. The Hall–Kier alpha value is -4.52. The molecule has 2 aliphatic carbocycles. The Labute approximate surface area is 250 Å². The monoisotopic (exact) mass is 604 g/mol. The maximum atomic E-state index is 13.2. The molecule has 0 atom stereocenters. The van der Waals surface area contributed by atoms with Crippen molar-refractivity contribution in [1.29, 1.82) is 0 Å². The van der Waals surface area contributed by atoms with Gasteiger partial charge in [0.25, 0.3) is 0 Å². The largest absolute Gasteiger partial charge is 0.474 e. The molecule has 4 aromatic heterocycles. The van der Waals surface area contributed by atoms with Crippen LogP contribution in [-0.4, -0.2) is 40.6 Å². The summed E-state index contributed by atoms with van der Waals surface area (Å²) in [6.45, 7) is 0.413. The Balaban J connectivity index is 1.21.